The van der Waals surface area contributed by atoms with Crippen molar-refractivity contribution in [1.82, 2.24) is 15.5 Å². The van der Waals surface area contributed by atoms with Crippen molar-refractivity contribution < 1.29 is 18.3 Å². The SMILES string of the molecule is O=C(NC1CC2(CCC2)C1c1n[nH]c(=O)c2ccccc12)c1cccc(OC(F)F)c1. The Morgan fingerprint density at radius 2 is 1.94 bits per heavy atom. The van der Waals surface area contributed by atoms with Crippen molar-refractivity contribution in [1.29, 1.82) is 0 Å². The summed E-state index contributed by atoms with van der Waals surface area (Å²) in [5, 5.41) is 11.4. The third-order valence-corrected chi connectivity index (χ3v) is 6.70. The van der Waals surface area contributed by atoms with Crippen LogP contribution in [0.25, 0.3) is 10.8 Å². The first kappa shape index (κ1) is 19.7. The molecule has 0 bridgehead atoms. The first-order chi connectivity index (χ1) is 15.0. The van der Waals surface area contributed by atoms with Gasteiger partial charge in [0, 0.05) is 22.9 Å². The number of rotatable bonds is 5. The molecule has 6 nitrogen and oxygen atoms in total. The van der Waals surface area contributed by atoms with Crippen LogP contribution in [-0.2, 0) is 0 Å². The molecule has 0 aliphatic heterocycles. The lowest BCUT2D eigenvalue weighted by Crippen LogP contribution is -2.60. The van der Waals surface area contributed by atoms with Crippen molar-refractivity contribution in [3.63, 3.8) is 0 Å². The molecule has 2 unspecified atom stereocenters. The Hall–Kier alpha value is -3.29. The molecule has 1 spiro atoms. The van der Waals surface area contributed by atoms with Crippen molar-refractivity contribution >= 4 is 16.7 Å². The highest BCUT2D eigenvalue weighted by molar-refractivity contribution is 5.95. The van der Waals surface area contributed by atoms with Crippen molar-refractivity contribution in [2.24, 2.45) is 5.41 Å². The van der Waals surface area contributed by atoms with E-state index in [2.05, 4.69) is 20.3 Å². The zero-order chi connectivity index (χ0) is 21.6. The molecule has 3 aromatic rings. The summed E-state index contributed by atoms with van der Waals surface area (Å²) in [5.41, 5.74) is 0.886. The minimum atomic E-state index is -2.95. The predicted octanol–water partition coefficient (Wildman–Crippen LogP) is 3.98. The number of ether oxygens (including phenoxy) is 1. The van der Waals surface area contributed by atoms with Crippen LogP contribution in [-0.4, -0.2) is 28.8 Å². The zero-order valence-corrected chi connectivity index (χ0v) is 16.6. The van der Waals surface area contributed by atoms with Crippen LogP contribution in [0.1, 0.15) is 47.7 Å². The fourth-order valence-corrected chi connectivity index (χ4v) is 5.15. The van der Waals surface area contributed by atoms with E-state index in [4.69, 9.17) is 0 Å². The Bertz CT molecular complexity index is 1210. The van der Waals surface area contributed by atoms with E-state index in [1.54, 1.807) is 12.1 Å². The quantitative estimate of drug-likeness (QED) is 0.648. The maximum Gasteiger partial charge on any atom is 0.387 e. The van der Waals surface area contributed by atoms with Gasteiger partial charge in [-0.1, -0.05) is 30.7 Å². The number of aromatic nitrogens is 2. The molecule has 2 aromatic carbocycles. The van der Waals surface area contributed by atoms with Crippen molar-refractivity contribution in [2.75, 3.05) is 0 Å². The largest absolute Gasteiger partial charge is 0.435 e. The number of hydrogen-bond donors (Lipinski definition) is 2. The standard InChI is InChI=1S/C23H21F2N3O3/c24-22(25)31-14-6-3-5-13(11-14)20(29)26-17-12-23(9-4-10-23)18(17)19-15-7-1-2-8-16(15)21(30)28-27-19/h1-3,5-8,11,17-18,22H,4,9-10,12H2,(H,26,29)(H,28,30). The number of halogens is 2. The highest BCUT2D eigenvalue weighted by atomic mass is 19.3. The highest BCUT2D eigenvalue weighted by Crippen LogP contribution is 2.64. The van der Waals surface area contributed by atoms with Crippen LogP contribution < -0.4 is 15.6 Å². The monoisotopic (exact) mass is 425 g/mol. The number of fused-ring (bicyclic) bond motifs is 1. The Labute approximate surface area is 176 Å². The average Bonchev–Trinajstić information content (AvgIpc) is 2.71. The molecule has 1 heterocycles. The summed E-state index contributed by atoms with van der Waals surface area (Å²) in [7, 11) is 0. The van der Waals surface area contributed by atoms with Gasteiger partial charge in [-0.2, -0.15) is 13.9 Å². The molecule has 31 heavy (non-hydrogen) atoms. The molecule has 2 atom stereocenters. The summed E-state index contributed by atoms with van der Waals surface area (Å²) in [6, 6.07) is 13.0. The maximum atomic E-state index is 12.9. The van der Waals surface area contributed by atoms with Crippen LogP contribution in [0.2, 0.25) is 0 Å². The van der Waals surface area contributed by atoms with Crippen molar-refractivity contribution in [2.45, 2.75) is 44.3 Å². The second kappa shape index (κ2) is 7.44. The number of nitrogens with zero attached hydrogens (tertiary/aromatic N) is 1. The van der Waals surface area contributed by atoms with Crippen LogP contribution in [0, 0.1) is 5.41 Å². The molecule has 0 radical (unpaired) electrons. The fourth-order valence-electron chi connectivity index (χ4n) is 5.15. The van der Waals surface area contributed by atoms with Gasteiger partial charge in [-0.05, 0) is 48.9 Å². The number of hydrogen-bond acceptors (Lipinski definition) is 4. The zero-order valence-electron chi connectivity index (χ0n) is 16.6. The predicted molar refractivity (Wildman–Crippen MR) is 110 cm³/mol. The lowest BCUT2D eigenvalue weighted by molar-refractivity contribution is -0.0499. The van der Waals surface area contributed by atoms with E-state index >= 15 is 0 Å². The molecule has 2 saturated carbocycles. The lowest BCUT2D eigenvalue weighted by Gasteiger charge is -2.60. The van der Waals surface area contributed by atoms with Gasteiger partial charge in [-0.3, -0.25) is 9.59 Å². The molecule has 2 N–H and O–H groups in total. The summed E-state index contributed by atoms with van der Waals surface area (Å²) in [4.78, 5) is 25.1. The molecular weight excluding hydrogens is 404 g/mol. The fraction of sp³-hybridized carbons (Fsp3) is 0.348. The number of benzene rings is 2. The molecule has 2 aliphatic carbocycles. The number of H-pyrrole nitrogens is 1. The summed E-state index contributed by atoms with van der Waals surface area (Å²) in [6.07, 6.45) is 4.06. The van der Waals surface area contributed by atoms with Gasteiger partial charge >= 0.3 is 6.61 Å². The molecule has 0 saturated heterocycles. The third kappa shape index (κ3) is 3.36. The molecular formula is C23H21F2N3O3. The van der Waals surface area contributed by atoms with Crippen LogP contribution in [0.15, 0.2) is 53.3 Å². The smallest absolute Gasteiger partial charge is 0.387 e. The Morgan fingerprint density at radius 1 is 1.16 bits per heavy atom. The van der Waals surface area contributed by atoms with Crippen LogP contribution >= 0.6 is 0 Å². The van der Waals surface area contributed by atoms with Gasteiger partial charge < -0.3 is 10.1 Å². The van der Waals surface area contributed by atoms with E-state index in [9.17, 15) is 18.4 Å². The van der Waals surface area contributed by atoms with Crippen LogP contribution in [0.4, 0.5) is 8.78 Å². The molecule has 2 aliphatic rings. The van der Waals surface area contributed by atoms with Gasteiger partial charge in [-0.25, -0.2) is 5.10 Å². The summed E-state index contributed by atoms with van der Waals surface area (Å²) in [5.74, 6) is -0.429. The Kier molecular flexibility index (Phi) is 4.72. The average molecular weight is 425 g/mol. The van der Waals surface area contributed by atoms with Gasteiger partial charge in [-0.15, -0.1) is 0 Å². The van der Waals surface area contributed by atoms with Crippen LogP contribution in [0.5, 0.6) is 5.75 Å². The van der Waals surface area contributed by atoms with Gasteiger partial charge in [0.2, 0.25) is 0 Å². The normalized spacial score (nSPS) is 21.5. The second-order valence-electron chi connectivity index (χ2n) is 8.37. The van der Waals surface area contributed by atoms with Crippen LogP contribution in [0.3, 0.4) is 0 Å². The molecule has 2 fully saturated rings. The van der Waals surface area contributed by atoms with E-state index in [1.165, 1.54) is 18.2 Å². The summed E-state index contributed by atoms with van der Waals surface area (Å²) >= 11 is 0. The second-order valence-corrected chi connectivity index (χ2v) is 8.37. The molecule has 8 heteroatoms. The summed E-state index contributed by atoms with van der Waals surface area (Å²) < 4.78 is 29.4. The third-order valence-electron chi connectivity index (χ3n) is 6.70. The lowest BCUT2D eigenvalue weighted by atomic mass is 9.46. The van der Waals surface area contributed by atoms with E-state index < -0.39 is 6.61 Å². The first-order valence-corrected chi connectivity index (χ1v) is 10.3. The maximum absolute atomic E-state index is 12.9. The van der Waals surface area contributed by atoms with Gasteiger partial charge in [0.15, 0.2) is 0 Å². The number of alkyl halides is 2. The topological polar surface area (TPSA) is 84.1 Å². The highest BCUT2D eigenvalue weighted by Gasteiger charge is 2.58. The summed E-state index contributed by atoms with van der Waals surface area (Å²) in [6.45, 7) is -2.95. The van der Waals surface area contributed by atoms with E-state index in [-0.39, 0.29) is 40.2 Å². The van der Waals surface area contributed by atoms with Gasteiger partial charge in [0.05, 0.1) is 11.1 Å². The van der Waals surface area contributed by atoms with E-state index in [1.807, 2.05) is 18.2 Å². The number of nitrogens with one attached hydrogen (secondary N) is 2. The number of carbonyl (C=O) groups excluding carboxylic acids is 1. The van der Waals surface area contributed by atoms with E-state index in [0.717, 1.165) is 36.8 Å². The Morgan fingerprint density at radius 3 is 2.65 bits per heavy atom. The molecule has 1 amide bonds. The van der Waals surface area contributed by atoms with Crippen molar-refractivity contribution in [3.8, 4) is 5.75 Å². The first-order valence-electron chi connectivity index (χ1n) is 10.3. The molecule has 1 aromatic heterocycles. The number of carbonyl (C=O) groups is 1. The number of aromatic amines is 1. The Balaban J connectivity index is 1.44. The number of amides is 1. The molecule has 5 rings (SSSR count). The minimum absolute atomic E-state index is 0.0209. The minimum Gasteiger partial charge on any atom is -0.435 e. The molecule has 160 valence electrons. The van der Waals surface area contributed by atoms with E-state index in [0.29, 0.717) is 5.39 Å². The van der Waals surface area contributed by atoms with Gasteiger partial charge in [0.1, 0.15) is 5.75 Å². The van der Waals surface area contributed by atoms with Crippen molar-refractivity contribution in [3.05, 3.63) is 70.1 Å². The van der Waals surface area contributed by atoms with Gasteiger partial charge in [0.25, 0.3) is 11.5 Å².